The van der Waals surface area contributed by atoms with Crippen LogP contribution in [0.2, 0.25) is 0 Å². The van der Waals surface area contributed by atoms with Crippen LogP contribution in [0.15, 0.2) is 18.3 Å². The first kappa shape index (κ1) is 13.6. The lowest BCUT2D eigenvalue weighted by molar-refractivity contribution is 0.00578. The average Bonchev–Trinajstić information content (AvgIpc) is 2.77. The summed E-state index contributed by atoms with van der Waals surface area (Å²) in [5.41, 5.74) is 0.313. The molecule has 6 heteroatoms. The topological polar surface area (TPSA) is 36.3 Å². The van der Waals surface area contributed by atoms with E-state index in [2.05, 4.69) is 5.10 Å². The zero-order valence-electron chi connectivity index (χ0n) is 12.4. The zero-order chi connectivity index (χ0) is 14.7. The number of hydrogen-bond donors (Lipinski definition) is 0. The summed E-state index contributed by atoms with van der Waals surface area (Å²) in [6.07, 6.45) is 1.65. The summed E-state index contributed by atoms with van der Waals surface area (Å²) in [7, 11) is 1.13. The van der Waals surface area contributed by atoms with Gasteiger partial charge in [-0.2, -0.15) is 5.10 Å². The second kappa shape index (κ2) is 4.05. The van der Waals surface area contributed by atoms with Gasteiger partial charge in [-0.3, -0.25) is 4.68 Å². The van der Waals surface area contributed by atoms with Crippen LogP contribution < -0.4 is 5.46 Å². The van der Waals surface area contributed by atoms with Crippen LogP contribution in [0.25, 0.3) is 10.9 Å². The van der Waals surface area contributed by atoms with E-state index < -0.39 is 18.3 Å². The van der Waals surface area contributed by atoms with Crippen LogP contribution in [0.4, 0.5) is 4.39 Å². The van der Waals surface area contributed by atoms with Crippen LogP contribution in [0, 0.1) is 5.82 Å². The first-order valence-corrected chi connectivity index (χ1v) is 6.68. The number of halogens is 1. The van der Waals surface area contributed by atoms with E-state index in [1.807, 2.05) is 34.7 Å². The standard InChI is InChI=1S/C14H18BFN2O2/c1-13(2)14(3,4)20-15(19-13)10-7-12-9(6-11(10)16)8-17-18(12)5/h6-8H,1-5H3. The molecule has 1 aliphatic rings. The van der Waals surface area contributed by atoms with Gasteiger partial charge in [-0.1, -0.05) is 0 Å². The Morgan fingerprint density at radius 1 is 1.15 bits per heavy atom. The number of hydrogen-bond acceptors (Lipinski definition) is 3. The van der Waals surface area contributed by atoms with Crippen molar-refractivity contribution in [3.63, 3.8) is 0 Å². The minimum atomic E-state index is -0.695. The number of nitrogens with zero attached hydrogens (tertiary/aromatic N) is 2. The van der Waals surface area contributed by atoms with Gasteiger partial charge in [0.05, 0.1) is 22.9 Å². The van der Waals surface area contributed by atoms with E-state index in [-0.39, 0.29) is 5.82 Å². The van der Waals surface area contributed by atoms with Crippen LogP contribution >= 0.6 is 0 Å². The van der Waals surface area contributed by atoms with E-state index in [1.54, 1.807) is 16.9 Å². The number of fused-ring (bicyclic) bond motifs is 1. The maximum absolute atomic E-state index is 14.3. The van der Waals surface area contributed by atoms with Crippen LogP contribution in [0.1, 0.15) is 27.7 Å². The third-order valence-electron chi connectivity index (χ3n) is 4.37. The molecule has 20 heavy (non-hydrogen) atoms. The molecule has 1 fully saturated rings. The van der Waals surface area contributed by atoms with Crippen molar-refractivity contribution in [3.05, 3.63) is 24.1 Å². The van der Waals surface area contributed by atoms with Gasteiger partial charge in [-0.05, 0) is 39.8 Å². The van der Waals surface area contributed by atoms with Gasteiger partial charge in [0.25, 0.3) is 0 Å². The van der Waals surface area contributed by atoms with Gasteiger partial charge in [-0.25, -0.2) is 4.39 Å². The van der Waals surface area contributed by atoms with Crippen LogP contribution in [-0.4, -0.2) is 28.1 Å². The quantitative estimate of drug-likeness (QED) is 0.747. The Hall–Kier alpha value is -1.40. The summed E-state index contributed by atoms with van der Waals surface area (Å²) >= 11 is 0. The van der Waals surface area contributed by atoms with Crippen molar-refractivity contribution >= 4 is 23.5 Å². The Balaban J connectivity index is 2.07. The minimum absolute atomic E-state index is 0.330. The Morgan fingerprint density at radius 3 is 2.35 bits per heavy atom. The summed E-state index contributed by atoms with van der Waals surface area (Å²) in [5, 5.41) is 4.90. The molecule has 0 unspecified atom stereocenters. The normalized spacial score (nSPS) is 20.8. The molecule has 2 aromatic rings. The number of aryl methyl sites for hydroxylation is 1. The van der Waals surface area contributed by atoms with Crippen molar-refractivity contribution in [1.29, 1.82) is 0 Å². The van der Waals surface area contributed by atoms with E-state index in [4.69, 9.17) is 9.31 Å². The summed E-state index contributed by atoms with van der Waals surface area (Å²) < 4.78 is 27.8. The monoisotopic (exact) mass is 276 g/mol. The molecule has 1 aromatic heterocycles. The molecule has 4 nitrogen and oxygen atoms in total. The van der Waals surface area contributed by atoms with Crippen molar-refractivity contribution in [2.75, 3.05) is 0 Å². The second-order valence-electron chi connectivity index (χ2n) is 6.29. The number of rotatable bonds is 1. The minimum Gasteiger partial charge on any atom is -0.399 e. The lowest BCUT2D eigenvalue weighted by atomic mass is 9.78. The first-order chi connectivity index (χ1) is 9.21. The smallest absolute Gasteiger partial charge is 0.399 e. The van der Waals surface area contributed by atoms with Gasteiger partial charge >= 0.3 is 7.12 Å². The number of aromatic nitrogens is 2. The molecule has 2 heterocycles. The van der Waals surface area contributed by atoms with Gasteiger partial charge < -0.3 is 9.31 Å². The number of benzene rings is 1. The molecule has 0 amide bonds. The fourth-order valence-electron chi connectivity index (χ4n) is 2.34. The molecule has 1 aromatic carbocycles. The van der Waals surface area contributed by atoms with E-state index >= 15 is 0 Å². The molecule has 0 saturated carbocycles. The Morgan fingerprint density at radius 2 is 1.75 bits per heavy atom. The molecule has 106 valence electrons. The second-order valence-corrected chi connectivity index (χ2v) is 6.29. The van der Waals surface area contributed by atoms with Crippen LogP contribution in [0.3, 0.4) is 0 Å². The molecule has 0 spiro atoms. The highest BCUT2D eigenvalue weighted by Gasteiger charge is 2.52. The Kier molecular flexibility index (Phi) is 2.75. The summed E-state index contributed by atoms with van der Waals surface area (Å²) in [6.45, 7) is 7.81. The summed E-state index contributed by atoms with van der Waals surface area (Å²) in [5.74, 6) is -0.330. The van der Waals surface area contributed by atoms with Crippen LogP contribution in [-0.2, 0) is 16.4 Å². The molecule has 0 bridgehead atoms. The van der Waals surface area contributed by atoms with E-state index in [1.165, 1.54) is 6.07 Å². The molecule has 1 aliphatic heterocycles. The maximum atomic E-state index is 14.3. The molecule has 0 radical (unpaired) electrons. The Bertz CT molecular complexity index is 665. The highest BCUT2D eigenvalue weighted by Crippen LogP contribution is 2.36. The van der Waals surface area contributed by atoms with Crippen molar-refractivity contribution in [3.8, 4) is 0 Å². The summed E-state index contributed by atoms with van der Waals surface area (Å²) in [4.78, 5) is 0. The average molecular weight is 276 g/mol. The van der Waals surface area contributed by atoms with E-state index in [0.29, 0.717) is 5.46 Å². The molecule has 0 aliphatic carbocycles. The third kappa shape index (κ3) is 1.86. The van der Waals surface area contributed by atoms with Gasteiger partial charge in [0.2, 0.25) is 0 Å². The fraction of sp³-hybridized carbons (Fsp3) is 0.500. The predicted octanol–water partition coefficient (Wildman–Crippen LogP) is 2.01. The predicted molar refractivity (Wildman–Crippen MR) is 76.4 cm³/mol. The molecular formula is C14H18BFN2O2. The van der Waals surface area contributed by atoms with Gasteiger partial charge in [0, 0.05) is 17.9 Å². The molecule has 0 atom stereocenters. The van der Waals surface area contributed by atoms with Crippen molar-refractivity contribution in [2.45, 2.75) is 38.9 Å². The van der Waals surface area contributed by atoms with Crippen molar-refractivity contribution in [1.82, 2.24) is 9.78 Å². The molecule has 3 rings (SSSR count). The Labute approximate surface area is 118 Å². The van der Waals surface area contributed by atoms with E-state index in [9.17, 15) is 4.39 Å². The highest BCUT2D eigenvalue weighted by molar-refractivity contribution is 6.62. The van der Waals surface area contributed by atoms with Gasteiger partial charge in [0.1, 0.15) is 5.82 Å². The highest BCUT2D eigenvalue weighted by atomic mass is 19.1. The summed E-state index contributed by atoms with van der Waals surface area (Å²) in [6, 6.07) is 3.22. The lowest BCUT2D eigenvalue weighted by Crippen LogP contribution is -2.41. The zero-order valence-corrected chi connectivity index (χ0v) is 12.4. The largest absolute Gasteiger partial charge is 0.497 e. The molecular weight excluding hydrogens is 258 g/mol. The lowest BCUT2D eigenvalue weighted by Gasteiger charge is -2.32. The third-order valence-corrected chi connectivity index (χ3v) is 4.37. The molecule has 1 saturated heterocycles. The molecule has 0 N–H and O–H groups in total. The SMILES string of the molecule is Cn1ncc2cc(F)c(B3OC(C)(C)C(C)(C)O3)cc21. The van der Waals surface area contributed by atoms with Gasteiger partial charge in [0.15, 0.2) is 0 Å². The van der Waals surface area contributed by atoms with Crippen LogP contribution in [0.5, 0.6) is 0 Å². The van der Waals surface area contributed by atoms with Crippen molar-refractivity contribution < 1.29 is 13.7 Å². The van der Waals surface area contributed by atoms with Crippen molar-refractivity contribution in [2.24, 2.45) is 7.05 Å². The van der Waals surface area contributed by atoms with E-state index in [0.717, 1.165) is 10.9 Å². The van der Waals surface area contributed by atoms with Gasteiger partial charge in [-0.15, -0.1) is 0 Å². The fourth-order valence-corrected chi connectivity index (χ4v) is 2.34. The first-order valence-electron chi connectivity index (χ1n) is 6.68. The maximum Gasteiger partial charge on any atom is 0.497 e.